The van der Waals surface area contributed by atoms with E-state index in [4.69, 9.17) is 0 Å². The van der Waals surface area contributed by atoms with E-state index in [0.717, 1.165) is 44.3 Å². The first-order valence-electron chi connectivity index (χ1n) is 8.09. The number of aryl methyl sites for hydroxylation is 1. The first-order valence-corrected chi connectivity index (χ1v) is 8.09. The van der Waals surface area contributed by atoms with Crippen molar-refractivity contribution in [3.05, 3.63) is 29.6 Å². The number of pyridine rings is 1. The molecule has 4 heteroatoms. The smallest absolute Gasteiger partial charge is 0.272 e. The van der Waals surface area contributed by atoms with Crippen LogP contribution < -0.4 is 0 Å². The van der Waals surface area contributed by atoms with E-state index < -0.39 is 0 Å². The average Bonchev–Trinajstić information content (AvgIpc) is 2.96. The summed E-state index contributed by atoms with van der Waals surface area (Å²) in [5.41, 5.74) is 1.40. The molecule has 1 saturated heterocycles. The number of aliphatic hydroxyl groups is 1. The van der Waals surface area contributed by atoms with Crippen LogP contribution in [-0.4, -0.2) is 39.6 Å². The minimum atomic E-state index is -0.248. The Morgan fingerprint density at radius 3 is 2.81 bits per heavy atom. The molecule has 1 aliphatic carbocycles. The summed E-state index contributed by atoms with van der Waals surface area (Å²) in [6, 6.07) is 5.77. The van der Waals surface area contributed by atoms with Gasteiger partial charge in [-0.25, -0.2) is 4.98 Å². The van der Waals surface area contributed by atoms with Gasteiger partial charge in [-0.2, -0.15) is 0 Å². The van der Waals surface area contributed by atoms with Gasteiger partial charge < -0.3 is 10.0 Å². The Morgan fingerprint density at radius 1 is 1.24 bits per heavy atom. The zero-order valence-electron chi connectivity index (χ0n) is 12.7. The lowest BCUT2D eigenvalue weighted by Crippen LogP contribution is -2.45. The van der Waals surface area contributed by atoms with Crippen molar-refractivity contribution in [2.45, 2.75) is 57.6 Å². The molecule has 0 bridgehead atoms. The van der Waals surface area contributed by atoms with E-state index >= 15 is 0 Å². The molecule has 2 aliphatic rings. The van der Waals surface area contributed by atoms with Crippen LogP contribution >= 0.6 is 0 Å². The van der Waals surface area contributed by atoms with Crippen molar-refractivity contribution in [3.8, 4) is 0 Å². The minimum absolute atomic E-state index is 0.0268. The zero-order chi connectivity index (χ0) is 14.8. The summed E-state index contributed by atoms with van der Waals surface area (Å²) >= 11 is 0. The molecule has 3 unspecified atom stereocenters. The highest BCUT2D eigenvalue weighted by molar-refractivity contribution is 5.92. The Kier molecular flexibility index (Phi) is 4.24. The summed E-state index contributed by atoms with van der Waals surface area (Å²) in [4.78, 5) is 19.1. The van der Waals surface area contributed by atoms with Crippen molar-refractivity contribution in [2.24, 2.45) is 5.92 Å². The molecule has 21 heavy (non-hydrogen) atoms. The summed E-state index contributed by atoms with van der Waals surface area (Å²) in [6.07, 6.45) is 6.00. The van der Waals surface area contributed by atoms with Crippen LogP contribution in [-0.2, 0) is 0 Å². The minimum Gasteiger partial charge on any atom is -0.393 e. The lowest BCUT2D eigenvalue weighted by atomic mass is 9.80. The van der Waals surface area contributed by atoms with Gasteiger partial charge in [0.15, 0.2) is 0 Å². The molecule has 0 radical (unpaired) electrons. The molecule has 4 nitrogen and oxygen atoms in total. The van der Waals surface area contributed by atoms with Gasteiger partial charge in [0.05, 0.1) is 6.10 Å². The fourth-order valence-electron chi connectivity index (χ4n) is 3.89. The lowest BCUT2D eigenvalue weighted by molar-refractivity contribution is 0.0209. The van der Waals surface area contributed by atoms with Crippen LogP contribution in [0.3, 0.4) is 0 Å². The third kappa shape index (κ3) is 2.95. The first kappa shape index (κ1) is 14.5. The molecule has 2 fully saturated rings. The largest absolute Gasteiger partial charge is 0.393 e. The van der Waals surface area contributed by atoms with E-state index in [1.165, 1.54) is 6.42 Å². The molecule has 0 aromatic carbocycles. The lowest BCUT2D eigenvalue weighted by Gasteiger charge is -2.37. The van der Waals surface area contributed by atoms with Crippen LogP contribution in [0.5, 0.6) is 0 Å². The van der Waals surface area contributed by atoms with E-state index in [1.54, 1.807) is 6.07 Å². The highest BCUT2D eigenvalue weighted by Gasteiger charge is 2.39. The highest BCUT2D eigenvalue weighted by atomic mass is 16.3. The van der Waals surface area contributed by atoms with E-state index in [0.29, 0.717) is 5.69 Å². The van der Waals surface area contributed by atoms with Gasteiger partial charge in [0, 0.05) is 24.2 Å². The SMILES string of the molecule is Cc1cccc(C(=O)N2CCCC2C2CCCCC2O)n1. The second kappa shape index (κ2) is 6.14. The van der Waals surface area contributed by atoms with Crippen molar-refractivity contribution >= 4 is 5.91 Å². The standard InChI is InChI=1S/C17H24N2O2/c1-12-6-4-8-14(18-12)17(21)19-11-5-9-15(19)13-7-2-3-10-16(13)20/h4,6,8,13,15-16,20H,2-3,5,7,9-11H2,1H3. The summed E-state index contributed by atoms with van der Waals surface area (Å²) in [5.74, 6) is 0.272. The fourth-order valence-corrected chi connectivity index (χ4v) is 3.89. The van der Waals surface area contributed by atoms with Gasteiger partial charge in [-0.1, -0.05) is 18.9 Å². The van der Waals surface area contributed by atoms with Gasteiger partial charge >= 0.3 is 0 Å². The number of likely N-dealkylation sites (tertiary alicyclic amines) is 1. The van der Waals surface area contributed by atoms with E-state index in [1.807, 2.05) is 24.0 Å². The van der Waals surface area contributed by atoms with Crippen molar-refractivity contribution in [2.75, 3.05) is 6.54 Å². The van der Waals surface area contributed by atoms with Crippen LogP contribution in [0.2, 0.25) is 0 Å². The van der Waals surface area contributed by atoms with E-state index in [-0.39, 0.29) is 24.0 Å². The Balaban J connectivity index is 1.78. The van der Waals surface area contributed by atoms with Crippen molar-refractivity contribution in [3.63, 3.8) is 0 Å². The Hall–Kier alpha value is -1.42. The number of carbonyl (C=O) groups is 1. The summed E-state index contributed by atoms with van der Waals surface area (Å²) in [7, 11) is 0. The van der Waals surface area contributed by atoms with Gasteiger partial charge in [0.2, 0.25) is 0 Å². The van der Waals surface area contributed by atoms with E-state index in [9.17, 15) is 9.90 Å². The average molecular weight is 288 g/mol. The van der Waals surface area contributed by atoms with E-state index in [2.05, 4.69) is 4.98 Å². The van der Waals surface area contributed by atoms with Crippen LogP contribution in [0.4, 0.5) is 0 Å². The maximum atomic E-state index is 12.7. The summed E-state index contributed by atoms with van der Waals surface area (Å²) in [6.45, 7) is 2.70. The predicted octanol–water partition coefficient (Wildman–Crippen LogP) is 2.55. The molecule has 1 amide bonds. The number of aromatic nitrogens is 1. The Labute approximate surface area is 126 Å². The molecular weight excluding hydrogens is 264 g/mol. The van der Waals surface area contributed by atoms with Gasteiger partial charge in [0.25, 0.3) is 5.91 Å². The van der Waals surface area contributed by atoms with Gasteiger partial charge in [-0.3, -0.25) is 4.79 Å². The predicted molar refractivity (Wildman–Crippen MR) is 81.0 cm³/mol. The molecule has 1 aromatic rings. The number of carbonyl (C=O) groups excluding carboxylic acids is 1. The monoisotopic (exact) mass is 288 g/mol. The van der Waals surface area contributed by atoms with Gasteiger partial charge in [-0.05, 0) is 44.7 Å². The number of aliphatic hydroxyl groups excluding tert-OH is 1. The third-order valence-electron chi connectivity index (χ3n) is 4.94. The summed E-state index contributed by atoms with van der Waals surface area (Å²) < 4.78 is 0. The van der Waals surface area contributed by atoms with Crippen molar-refractivity contribution in [1.29, 1.82) is 0 Å². The maximum Gasteiger partial charge on any atom is 0.272 e. The Bertz CT molecular complexity index is 517. The second-order valence-corrected chi connectivity index (χ2v) is 6.39. The number of hydrogen-bond donors (Lipinski definition) is 1. The Morgan fingerprint density at radius 2 is 2.05 bits per heavy atom. The number of amides is 1. The van der Waals surface area contributed by atoms with Crippen LogP contribution in [0.1, 0.15) is 54.7 Å². The quantitative estimate of drug-likeness (QED) is 0.910. The zero-order valence-corrected chi connectivity index (χ0v) is 12.7. The topological polar surface area (TPSA) is 53.4 Å². The highest BCUT2D eigenvalue weighted by Crippen LogP contribution is 2.35. The first-order chi connectivity index (χ1) is 10.2. The maximum absolute atomic E-state index is 12.7. The normalized spacial score (nSPS) is 29.6. The number of rotatable bonds is 2. The molecule has 3 atom stereocenters. The molecule has 1 aliphatic heterocycles. The molecule has 2 heterocycles. The molecule has 114 valence electrons. The van der Waals surface area contributed by atoms with Crippen LogP contribution in [0.15, 0.2) is 18.2 Å². The van der Waals surface area contributed by atoms with Gasteiger partial charge in [0.1, 0.15) is 5.69 Å². The molecule has 0 spiro atoms. The third-order valence-corrected chi connectivity index (χ3v) is 4.94. The second-order valence-electron chi connectivity index (χ2n) is 6.39. The van der Waals surface area contributed by atoms with Crippen LogP contribution in [0, 0.1) is 12.8 Å². The van der Waals surface area contributed by atoms with Crippen molar-refractivity contribution < 1.29 is 9.90 Å². The molecular formula is C17H24N2O2. The van der Waals surface area contributed by atoms with Gasteiger partial charge in [-0.15, -0.1) is 0 Å². The van der Waals surface area contributed by atoms with Crippen LogP contribution in [0.25, 0.3) is 0 Å². The van der Waals surface area contributed by atoms with Crippen molar-refractivity contribution in [1.82, 2.24) is 9.88 Å². The molecule has 1 saturated carbocycles. The molecule has 3 rings (SSSR count). The summed E-state index contributed by atoms with van der Waals surface area (Å²) in [5, 5.41) is 10.3. The fraction of sp³-hybridized carbons (Fsp3) is 0.647. The number of nitrogens with zero attached hydrogens (tertiary/aromatic N) is 2. The molecule has 1 aromatic heterocycles. The number of hydrogen-bond acceptors (Lipinski definition) is 3. The molecule has 1 N–H and O–H groups in total.